The average molecular weight is 484 g/mol. The molecule has 3 aromatic rings. The van der Waals surface area contributed by atoms with Gasteiger partial charge in [-0.3, -0.25) is 0 Å². The van der Waals surface area contributed by atoms with E-state index < -0.39 is 33.5 Å². The molecular weight excluding hydrogens is 464 g/mol. The van der Waals surface area contributed by atoms with E-state index in [4.69, 9.17) is 4.74 Å². The van der Waals surface area contributed by atoms with E-state index in [0.717, 1.165) is 18.3 Å². The topological polar surface area (TPSA) is 77.3 Å². The molecule has 2 aromatic heterocycles. The van der Waals surface area contributed by atoms with Crippen molar-refractivity contribution < 1.29 is 30.7 Å². The highest BCUT2D eigenvalue weighted by molar-refractivity contribution is 7.89. The molecule has 2 atom stereocenters. The lowest BCUT2D eigenvalue weighted by molar-refractivity contribution is -0.137. The summed E-state index contributed by atoms with van der Waals surface area (Å²) in [4.78, 5) is 7.75. The molecule has 0 amide bonds. The highest BCUT2D eigenvalue weighted by atomic mass is 32.2. The molecule has 1 saturated heterocycles. The summed E-state index contributed by atoms with van der Waals surface area (Å²) in [6.45, 7) is 0.0685. The van der Waals surface area contributed by atoms with E-state index in [0.29, 0.717) is 5.56 Å². The van der Waals surface area contributed by atoms with Crippen molar-refractivity contribution in [2.24, 2.45) is 13.0 Å². The van der Waals surface area contributed by atoms with Gasteiger partial charge in [0.25, 0.3) is 10.0 Å². The van der Waals surface area contributed by atoms with Gasteiger partial charge in [-0.15, -0.1) is 0 Å². The quantitative estimate of drug-likeness (QED) is 0.501. The first-order chi connectivity index (χ1) is 15.5. The summed E-state index contributed by atoms with van der Waals surface area (Å²) < 4.78 is 86.8. The van der Waals surface area contributed by atoms with Crippen LogP contribution in [0.3, 0.4) is 0 Å². The van der Waals surface area contributed by atoms with Gasteiger partial charge in [0.15, 0.2) is 5.03 Å². The van der Waals surface area contributed by atoms with Crippen LogP contribution in [0.1, 0.15) is 17.0 Å². The van der Waals surface area contributed by atoms with Crippen LogP contribution in [0.4, 0.5) is 17.6 Å². The molecule has 0 aliphatic carbocycles. The number of hydrogen-bond acceptors (Lipinski definition) is 5. The van der Waals surface area contributed by atoms with Crippen LogP contribution in [0.25, 0.3) is 0 Å². The number of nitrogens with zero attached hydrogens (tertiary/aromatic N) is 4. The Labute approximate surface area is 187 Å². The van der Waals surface area contributed by atoms with Crippen LogP contribution in [0, 0.1) is 11.7 Å². The van der Waals surface area contributed by atoms with Gasteiger partial charge in [0.05, 0.1) is 18.5 Å². The van der Waals surface area contributed by atoms with Crippen molar-refractivity contribution >= 4 is 10.0 Å². The largest absolute Gasteiger partial charge is 0.477 e. The van der Waals surface area contributed by atoms with Gasteiger partial charge >= 0.3 is 6.18 Å². The molecule has 1 aliphatic heterocycles. The molecule has 1 fully saturated rings. The van der Waals surface area contributed by atoms with Crippen LogP contribution in [-0.4, -0.2) is 47.0 Å². The van der Waals surface area contributed by atoms with E-state index in [1.165, 1.54) is 33.5 Å². The van der Waals surface area contributed by atoms with Crippen LogP contribution in [0.15, 0.2) is 60.1 Å². The van der Waals surface area contributed by atoms with Crippen molar-refractivity contribution in [2.45, 2.75) is 17.1 Å². The highest BCUT2D eigenvalue weighted by Crippen LogP contribution is 2.36. The molecular formula is C21H20F4N4O3S. The number of rotatable bonds is 6. The third-order valence-electron chi connectivity index (χ3n) is 5.50. The minimum Gasteiger partial charge on any atom is -0.477 e. The lowest BCUT2D eigenvalue weighted by Gasteiger charge is -2.19. The van der Waals surface area contributed by atoms with Gasteiger partial charge in [0, 0.05) is 50.4 Å². The van der Waals surface area contributed by atoms with E-state index >= 15 is 0 Å². The molecule has 12 heteroatoms. The van der Waals surface area contributed by atoms with Gasteiger partial charge in [-0.25, -0.2) is 22.8 Å². The predicted molar refractivity (Wildman–Crippen MR) is 109 cm³/mol. The number of pyridine rings is 1. The van der Waals surface area contributed by atoms with E-state index in [1.807, 2.05) is 0 Å². The zero-order chi connectivity index (χ0) is 23.8. The van der Waals surface area contributed by atoms with Crippen LogP contribution in [-0.2, 0) is 23.2 Å². The van der Waals surface area contributed by atoms with Crippen molar-refractivity contribution in [3.05, 3.63) is 72.1 Å². The molecule has 7 nitrogen and oxygen atoms in total. The second-order valence-corrected chi connectivity index (χ2v) is 9.69. The fourth-order valence-electron chi connectivity index (χ4n) is 3.80. The van der Waals surface area contributed by atoms with Gasteiger partial charge in [0.1, 0.15) is 5.82 Å². The van der Waals surface area contributed by atoms with E-state index in [9.17, 15) is 26.0 Å². The number of aryl methyl sites for hydroxylation is 1. The van der Waals surface area contributed by atoms with Crippen molar-refractivity contribution in [2.75, 3.05) is 19.7 Å². The second-order valence-electron chi connectivity index (χ2n) is 7.81. The maximum atomic E-state index is 13.4. The predicted octanol–water partition coefficient (Wildman–Crippen LogP) is 3.46. The summed E-state index contributed by atoms with van der Waals surface area (Å²) in [6.07, 6.45) is -0.778. The SMILES string of the molecule is Cn1cnc(S(=O)(=O)N2C[C@H](COc3cc(C(F)(F)F)ccn3)[C@@H](c3ccc(F)cc3)C2)c1. The maximum absolute atomic E-state index is 13.4. The van der Waals surface area contributed by atoms with E-state index in [1.54, 1.807) is 19.2 Å². The summed E-state index contributed by atoms with van der Waals surface area (Å²) in [5, 5.41) is -0.107. The van der Waals surface area contributed by atoms with Crippen molar-refractivity contribution in [1.82, 2.24) is 18.8 Å². The number of alkyl halides is 3. The number of ether oxygens (including phenoxy) is 1. The normalized spacial score (nSPS) is 19.7. The number of sulfonamides is 1. The molecule has 176 valence electrons. The van der Waals surface area contributed by atoms with Gasteiger partial charge in [0.2, 0.25) is 5.88 Å². The Morgan fingerprint density at radius 3 is 2.48 bits per heavy atom. The number of aromatic nitrogens is 3. The van der Waals surface area contributed by atoms with Gasteiger partial charge < -0.3 is 9.30 Å². The lowest BCUT2D eigenvalue weighted by Crippen LogP contribution is -2.30. The summed E-state index contributed by atoms with van der Waals surface area (Å²) >= 11 is 0. The Hall–Kier alpha value is -2.99. The third kappa shape index (κ3) is 5.01. The molecule has 0 saturated carbocycles. The Morgan fingerprint density at radius 1 is 1.12 bits per heavy atom. The zero-order valence-corrected chi connectivity index (χ0v) is 18.2. The first-order valence-corrected chi connectivity index (χ1v) is 11.4. The van der Waals surface area contributed by atoms with E-state index in [2.05, 4.69) is 9.97 Å². The van der Waals surface area contributed by atoms with Crippen LogP contribution in [0.5, 0.6) is 5.88 Å². The molecule has 0 radical (unpaired) electrons. The lowest BCUT2D eigenvalue weighted by atomic mass is 9.89. The van der Waals surface area contributed by atoms with Crippen LogP contribution >= 0.6 is 0 Å². The molecule has 0 unspecified atom stereocenters. The highest BCUT2D eigenvalue weighted by Gasteiger charge is 2.41. The number of hydrogen-bond donors (Lipinski definition) is 0. The third-order valence-corrected chi connectivity index (χ3v) is 7.22. The smallest absolute Gasteiger partial charge is 0.416 e. The summed E-state index contributed by atoms with van der Waals surface area (Å²) in [5.41, 5.74) is -0.200. The average Bonchev–Trinajstić information content (AvgIpc) is 3.40. The Balaban J connectivity index is 1.58. The summed E-state index contributed by atoms with van der Waals surface area (Å²) in [7, 11) is -2.25. The number of imidazole rings is 1. The first kappa shape index (κ1) is 23.2. The Bertz CT molecular complexity index is 1230. The zero-order valence-electron chi connectivity index (χ0n) is 17.4. The van der Waals surface area contributed by atoms with Crippen molar-refractivity contribution in [3.63, 3.8) is 0 Å². The standard InChI is InChI=1S/C21H20F4N4O3S/c1-28-11-20(27-13-28)33(30,31)29-9-15(18(10-29)14-2-4-17(22)5-3-14)12-32-19-8-16(6-7-26-19)21(23,24)25/h2-8,11,13,15,18H,9-10,12H2,1H3/t15-,18-/m1/s1. The van der Waals surface area contributed by atoms with Crippen LogP contribution in [0.2, 0.25) is 0 Å². The van der Waals surface area contributed by atoms with E-state index in [-0.39, 0.29) is 36.5 Å². The fourth-order valence-corrected chi connectivity index (χ4v) is 5.28. The first-order valence-electron chi connectivity index (χ1n) is 9.93. The molecule has 33 heavy (non-hydrogen) atoms. The van der Waals surface area contributed by atoms with Gasteiger partial charge in [-0.05, 0) is 23.8 Å². The van der Waals surface area contributed by atoms with Crippen LogP contribution < -0.4 is 4.74 Å². The molecule has 3 heterocycles. The maximum Gasteiger partial charge on any atom is 0.416 e. The molecule has 0 bridgehead atoms. The number of halogens is 4. The van der Waals surface area contributed by atoms with Gasteiger partial charge in [-0.1, -0.05) is 12.1 Å². The minimum absolute atomic E-state index is 0.0555. The molecule has 0 spiro atoms. The molecule has 1 aromatic carbocycles. The number of benzene rings is 1. The van der Waals surface area contributed by atoms with Crippen molar-refractivity contribution in [3.8, 4) is 5.88 Å². The van der Waals surface area contributed by atoms with Gasteiger partial charge in [-0.2, -0.15) is 17.5 Å². The summed E-state index contributed by atoms with van der Waals surface area (Å²) in [6, 6.07) is 7.31. The monoisotopic (exact) mass is 484 g/mol. The molecule has 4 rings (SSSR count). The van der Waals surface area contributed by atoms with Crippen molar-refractivity contribution in [1.29, 1.82) is 0 Å². The minimum atomic E-state index is -4.54. The molecule has 0 N–H and O–H groups in total. The summed E-state index contributed by atoms with van der Waals surface area (Å²) in [5.74, 6) is -1.43. The second kappa shape index (κ2) is 8.75. The fraction of sp³-hybridized carbons (Fsp3) is 0.333. The Morgan fingerprint density at radius 2 is 1.85 bits per heavy atom. The Kier molecular flexibility index (Phi) is 6.14. The molecule has 1 aliphatic rings.